The van der Waals surface area contributed by atoms with E-state index in [-0.39, 0.29) is 11.7 Å². The third-order valence-electron chi connectivity index (χ3n) is 2.43. The molecule has 1 aromatic carbocycles. The maximum absolute atomic E-state index is 11.7. The number of hydrogen-bond donors (Lipinski definition) is 1. The van der Waals surface area contributed by atoms with Gasteiger partial charge in [0.25, 0.3) is 5.22 Å². The molecular weight excluding hydrogens is 308 g/mol. The molecule has 0 saturated heterocycles. The number of nitrogens with zero attached hydrogens (tertiary/aromatic N) is 3. The van der Waals surface area contributed by atoms with Gasteiger partial charge < -0.3 is 9.73 Å². The molecule has 2 heterocycles. The van der Waals surface area contributed by atoms with Gasteiger partial charge in [0.15, 0.2) is 5.13 Å². The van der Waals surface area contributed by atoms with Crippen LogP contribution < -0.4 is 5.32 Å². The highest BCUT2D eigenvalue weighted by Gasteiger charge is 2.11. The van der Waals surface area contributed by atoms with Gasteiger partial charge >= 0.3 is 0 Å². The molecule has 21 heavy (non-hydrogen) atoms. The first-order valence-electron chi connectivity index (χ1n) is 6.02. The van der Waals surface area contributed by atoms with Gasteiger partial charge in [-0.1, -0.05) is 30.0 Å². The Morgan fingerprint density at radius 1 is 1.29 bits per heavy atom. The van der Waals surface area contributed by atoms with Crippen LogP contribution in [0.1, 0.15) is 0 Å². The SMILES string of the molecule is O=C(CSc1nnc(-c2ccccc2)o1)Nc1nccs1. The van der Waals surface area contributed by atoms with Crippen molar-refractivity contribution >= 4 is 34.1 Å². The molecule has 0 fully saturated rings. The number of benzene rings is 1. The molecule has 0 aliphatic rings. The van der Waals surface area contributed by atoms with Gasteiger partial charge in [-0.3, -0.25) is 4.79 Å². The predicted molar refractivity (Wildman–Crippen MR) is 81.2 cm³/mol. The Hall–Kier alpha value is -2.19. The van der Waals surface area contributed by atoms with Crippen LogP contribution in [-0.4, -0.2) is 26.8 Å². The summed E-state index contributed by atoms with van der Waals surface area (Å²) in [5.41, 5.74) is 0.851. The molecule has 0 radical (unpaired) electrons. The minimum absolute atomic E-state index is 0.158. The second-order valence-corrected chi connectivity index (χ2v) is 5.73. The Morgan fingerprint density at radius 2 is 2.14 bits per heavy atom. The van der Waals surface area contributed by atoms with Crippen LogP contribution in [0, 0.1) is 0 Å². The molecule has 8 heteroatoms. The van der Waals surface area contributed by atoms with Gasteiger partial charge in [0.05, 0.1) is 5.75 Å². The fraction of sp³-hybridized carbons (Fsp3) is 0.0769. The number of thioether (sulfide) groups is 1. The smallest absolute Gasteiger partial charge is 0.277 e. The van der Waals surface area contributed by atoms with E-state index in [2.05, 4.69) is 20.5 Å². The van der Waals surface area contributed by atoms with E-state index in [1.54, 1.807) is 11.6 Å². The fourth-order valence-corrected chi connectivity index (χ4v) is 2.64. The topological polar surface area (TPSA) is 80.9 Å². The number of carbonyl (C=O) groups excluding carboxylic acids is 1. The Bertz CT molecular complexity index is 713. The fourth-order valence-electron chi connectivity index (χ4n) is 1.53. The lowest BCUT2D eigenvalue weighted by Gasteiger charge is -1.98. The molecule has 3 aromatic rings. The summed E-state index contributed by atoms with van der Waals surface area (Å²) >= 11 is 2.56. The number of nitrogens with one attached hydrogen (secondary N) is 1. The standard InChI is InChI=1S/C13H10N4O2S2/c18-10(15-12-14-6-7-20-12)8-21-13-17-16-11(19-13)9-4-2-1-3-5-9/h1-7H,8H2,(H,14,15,18). The second-order valence-electron chi connectivity index (χ2n) is 3.91. The van der Waals surface area contributed by atoms with Crippen LogP contribution in [0.3, 0.4) is 0 Å². The van der Waals surface area contributed by atoms with Crippen molar-refractivity contribution in [3.05, 3.63) is 41.9 Å². The van der Waals surface area contributed by atoms with Crippen molar-refractivity contribution in [2.75, 3.05) is 11.1 Å². The number of aromatic nitrogens is 3. The molecule has 106 valence electrons. The van der Waals surface area contributed by atoms with Crippen molar-refractivity contribution in [2.45, 2.75) is 5.22 Å². The third-order valence-corrected chi connectivity index (χ3v) is 3.94. The molecule has 1 amide bonds. The van der Waals surface area contributed by atoms with Crippen LogP contribution in [-0.2, 0) is 4.79 Å². The van der Waals surface area contributed by atoms with Gasteiger partial charge in [-0.15, -0.1) is 21.5 Å². The van der Waals surface area contributed by atoms with Gasteiger partial charge in [-0.2, -0.15) is 0 Å². The van der Waals surface area contributed by atoms with E-state index < -0.39 is 0 Å². The Balaban J connectivity index is 1.56. The summed E-state index contributed by atoms with van der Waals surface area (Å²) in [6, 6.07) is 9.48. The number of amides is 1. The molecule has 0 unspecified atom stereocenters. The average Bonchev–Trinajstić information content (AvgIpc) is 3.17. The van der Waals surface area contributed by atoms with Gasteiger partial charge in [0, 0.05) is 17.1 Å². The normalized spacial score (nSPS) is 10.5. The van der Waals surface area contributed by atoms with E-state index in [9.17, 15) is 4.79 Å². The summed E-state index contributed by atoms with van der Waals surface area (Å²) in [4.78, 5) is 15.7. The maximum atomic E-state index is 11.7. The first kappa shape index (κ1) is 13.8. The Labute approximate surface area is 128 Å². The lowest BCUT2D eigenvalue weighted by Crippen LogP contribution is -2.13. The number of anilines is 1. The molecule has 0 bridgehead atoms. The van der Waals surface area contributed by atoms with Crippen LogP contribution in [0.15, 0.2) is 51.5 Å². The summed E-state index contributed by atoms with van der Waals surface area (Å²) in [7, 11) is 0. The molecule has 0 aliphatic carbocycles. The molecule has 0 saturated carbocycles. The van der Waals surface area contributed by atoms with Crippen LogP contribution in [0.25, 0.3) is 11.5 Å². The van der Waals surface area contributed by atoms with Crippen molar-refractivity contribution in [2.24, 2.45) is 0 Å². The van der Waals surface area contributed by atoms with E-state index >= 15 is 0 Å². The molecule has 1 N–H and O–H groups in total. The highest BCUT2D eigenvalue weighted by molar-refractivity contribution is 7.99. The lowest BCUT2D eigenvalue weighted by molar-refractivity contribution is -0.113. The third kappa shape index (κ3) is 3.67. The summed E-state index contributed by atoms with van der Waals surface area (Å²) in [5, 5.41) is 13.3. The second kappa shape index (κ2) is 6.51. The number of hydrogen-bond acceptors (Lipinski definition) is 7. The summed E-state index contributed by atoms with van der Waals surface area (Å²) in [6.45, 7) is 0. The molecule has 6 nitrogen and oxygen atoms in total. The first-order chi connectivity index (χ1) is 10.3. The Morgan fingerprint density at radius 3 is 2.90 bits per heavy atom. The summed E-state index contributed by atoms with van der Waals surface area (Å²) < 4.78 is 5.50. The predicted octanol–water partition coefficient (Wildman–Crippen LogP) is 2.92. The zero-order valence-electron chi connectivity index (χ0n) is 10.7. The monoisotopic (exact) mass is 318 g/mol. The lowest BCUT2D eigenvalue weighted by atomic mass is 10.2. The largest absolute Gasteiger partial charge is 0.411 e. The van der Waals surface area contributed by atoms with Crippen molar-refractivity contribution in [1.29, 1.82) is 0 Å². The zero-order valence-corrected chi connectivity index (χ0v) is 12.4. The van der Waals surface area contributed by atoms with E-state index in [0.717, 1.165) is 5.56 Å². The van der Waals surface area contributed by atoms with Crippen molar-refractivity contribution in [1.82, 2.24) is 15.2 Å². The van der Waals surface area contributed by atoms with Gasteiger partial charge in [0.2, 0.25) is 11.8 Å². The van der Waals surface area contributed by atoms with Crippen LogP contribution in [0.5, 0.6) is 0 Å². The van der Waals surface area contributed by atoms with E-state index in [0.29, 0.717) is 16.2 Å². The number of rotatable bonds is 5. The number of thiazole rings is 1. The first-order valence-corrected chi connectivity index (χ1v) is 7.89. The van der Waals surface area contributed by atoms with Crippen LogP contribution in [0.2, 0.25) is 0 Å². The van der Waals surface area contributed by atoms with Crippen molar-refractivity contribution < 1.29 is 9.21 Å². The van der Waals surface area contributed by atoms with Crippen molar-refractivity contribution in [3.63, 3.8) is 0 Å². The highest BCUT2D eigenvalue weighted by Crippen LogP contribution is 2.23. The quantitative estimate of drug-likeness (QED) is 0.729. The minimum Gasteiger partial charge on any atom is -0.411 e. The van der Waals surface area contributed by atoms with Gasteiger partial charge in [-0.25, -0.2) is 4.98 Å². The van der Waals surface area contributed by atoms with E-state index in [4.69, 9.17) is 4.42 Å². The van der Waals surface area contributed by atoms with E-state index in [1.807, 2.05) is 30.3 Å². The summed E-state index contributed by atoms with van der Waals surface area (Å²) in [5.74, 6) is 0.476. The number of carbonyl (C=O) groups is 1. The molecule has 0 spiro atoms. The molecular formula is C13H10N4O2S2. The average molecular weight is 318 g/mol. The van der Waals surface area contributed by atoms with Crippen molar-refractivity contribution in [3.8, 4) is 11.5 Å². The molecule has 0 aliphatic heterocycles. The molecule has 0 atom stereocenters. The Kier molecular flexibility index (Phi) is 4.27. The maximum Gasteiger partial charge on any atom is 0.277 e. The van der Waals surface area contributed by atoms with E-state index in [1.165, 1.54) is 23.1 Å². The van der Waals surface area contributed by atoms with Crippen LogP contribution in [0.4, 0.5) is 5.13 Å². The minimum atomic E-state index is -0.158. The highest BCUT2D eigenvalue weighted by atomic mass is 32.2. The van der Waals surface area contributed by atoms with Gasteiger partial charge in [-0.05, 0) is 12.1 Å². The zero-order chi connectivity index (χ0) is 14.5. The molecule has 2 aromatic heterocycles. The summed E-state index contributed by atoms with van der Waals surface area (Å²) in [6.07, 6.45) is 1.64. The molecule has 3 rings (SSSR count). The van der Waals surface area contributed by atoms with Gasteiger partial charge in [0.1, 0.15) is 0 Å². The van der Waals surface area contributed by atoms with Crippen LogP contribution >= 0.6 is 23.1 Å².